The van der Waals surface area contributed by atoms with Gasteiger partial charge in [-0.05, 0) is 56.3 Å². The van der Waals surface area contributed by atoms with E-state index in [2.05, 4.69) is 19.9 Å². The lowest BCUT2D eigenvalue weighted by Gasteiger charge is -2.34. The smallest absolute Gasteiger partial charge is 0.237 e. The number of pyridine rings is 1. The fourth-order valence-corrected chi connectivity index (χ4v) is 4.84. The largest absolute Gasteiger partial charge is 0.377 e. The molecule has 0 aliphatic carbocycles. The minimum absolute atomic E-state index is 0.0444. The lowest BCUT2D eigenvalue weighted by Crippen LogP contribution is -2.50. The maximum atomic E-state index is 12.7. The van der Waals surface area contributed by atoms with Crippen LogP contribution in [-0.2, 0) is 26.1 Å². The monoisotopic (exact) mass is 424 g/mol. The molecule has 0 aromatic carbocycles. The number of nitrogens with zero attached hydrogens (tertiary/aromatic N) is 2. The van der Waals surface area contributed by atoms with Crippen LogP contribution in [0.4, 0.5) is 0 Å². The number of carbonyl (C=O) groups is 1. The molecule has 2 unspecified atom stereocenters. The third-order valence-corrected chi connectivity index (χ3v) is 6.87. The van der Waals surface area contributed by atoms with Gasteiger partial charge in [0.25, 0.3) is 0 Å². The summed E-state index contributed by atoms with van der Waals surface area (Å²) in [4.78, 5) is 18.9. The van der Waals surface area contributed by atoms with Crippen molar-refractivity contribution in [3.05, 3.63) is 30.1 Å². The maximum Gasteiger partial charge on any atom is 0.237 e. The molecule has 0 bridgehead atoms. The van der Waals surface area contributed by atoms with Crippen LogP contribution in [-0.4, -0.2) is 68.3 Å². The van der Waals surface area contributed by atoms with Crippen molar-refractivity contribution in [2.75, 3.05) is 32.0 Å². The van der Waals surface area contributed by atoms with Crippen LogP contribution >= 0.6 is 0 Å². The van der Waals surface area contributed by atoms with Crippen molar-refractivity contribution >= 4 is 15.9 Å². The lowest BCUT2D eigenvalue weighted by atomic mass is 10.0. The summed E-state index contributed by atoms with van der Waals surface area (Å²) in [6.07, 6.45) is 9.32. The number of piperidine rings is 1. The predicted molar refractivity (Wildman–Crippen MR) is 111 cm³/mol. The van der Waals surface area contributed by atoms with Crippen LogP contribution in [0.15, 0.2) is 24.5 Å². The molecule has 3 rings (SSSR count). The third kappa shape index (κ3) is 7.33. The second-order valence-electron chi connectivity index (χ2n) is 7.78. The van der Waals surface area contributed by atoms with Gasteiger partial charge in [0, 0.05) is 38.6 Å². The second-order valence-corrected chi connectivity index (χ2v) is 9.71. The molecular formula is C20H32N4O4S. The summed E-state index contributed by atoms with van der Waals surface area (Å²) in [7, 11) is -3.43. The normalized spacial score (nSPS) is 23.6. The summed E-state index contributed by atoms with van der Waals surface area (Å²) in [5.74, 6) is -0.215. The van der Waals surface area contributed by atoms with Crippen LogP contribution < -0.4 is 10.0 Å². The van der Waals surface area contributed by atoms with E-state index >= 15 is 0 Å². The molecule has 0 spiro atoms. The van der Waals surface area contributed by atoms with E-state index in [1.54, 1.807) is 12.4 Å². The molecule has 0 saturated carbocycles. The van der Waals surface area contributed by atoms with Gasteiger partial charge in [-0.25, -0.2) is 13.1 Å². The van der Waals surface area contributed by atoms with Crippen LogP contribution in [0.5, 0.6) is 0 Å². The number of likely N-dealkylation sites (tertiary alicyclic amines) is 1. The van der Waals surface area contributed by atoms with Gasteiger partial charge in [0.05, 0.1) is 17.9 Å². The Morgan fingerprint density at radius 2 is 1.97 bits per heavy atom. The summed E-state index contributed by atoms with van der Waals surface area (Å²) in [5, 5.41) is 2.82. The number of nitrogens with one attached hydrogen (secondary N) is 2. The van der Waals surface area contributed by atoms with Gasteiger partial charge >= 0.3 is 0 Å². The highest BCUT2D eigenvalue weighted by Crippen LogP contribution is 2.19. The highest BCUT2D eigenvalue weighted by molar-refractivity contribution is 7.89. The van der Waals surface area contributed by atoms with Crippen molar-refractivity contribution in [1.82, 2.24) is 19.9 Å². The van der Waals surface area contributed by atoms with E-state index < -0.39 is 10.0 Å². The zero-order valence-electron chi connectivity index (χ0n) is 16.9. The fraction of sp³-hybridized carbons (Fsp3) is 0.700. The SMILES string of the molecule is O=C(NCCS(=O)(=O)NCC1CCCCO1)C1CCCCN1Cc1ccncc1. The Balaban J connectivity index is 1.43. The molecule has 0 radical (unpaired) electrons. The van der Waals surface area contributed by atoms with Gasteiger partial charge in [0.2, 0.25) is 15.9 Å². The minimum atomic E-state index is -3.43. The van der Waals surface area contributed by atoms with E-state index in [1.165, 1.54) is 0 Å². The maximum absolute atomic E-state index is 12.7. The molecule has 1 aromatic heterocycles. The molecule has 2 aliphatic heterocycles. The topological polar surface area (TPSA) is 101 Å². The average molecular weight is 425 g/mol. The molecule has 8 nitrogen and oxygen atoms in total. The Kier molecular flexibility index (Phi) is 8.40. The summed E-state index contributed by atoms with van der Waals surface area (Å²) in [6.45, 7) is 2.67. The molecule has 2 N–H and O–H groups in total. The summed E-state index contributed by atoms with van der Waals surface area (Å²) in [6, 6.07) is 3.69. The molecular weight excluding hydrogens is 392 g/mol. The van der Waals surface area contributed by atoms with E-state index in [0.717, 1.165) is 50.6 Å². The molecule has 2 atom stereocenters. The van der Waals surface area contributed by atoms with E-state index in [1.807, 2.05) is 12.1 Å². The highest BCUT2D eigenvalue weighted by atomic mass is 32.2. The Labute approximate surface area is 173 Å². The zero-order chi connectivity index (χ0) is 20.5. The number of sulfonamides is 1. The lowest BCUT2D eigenvalue weighted by molar-refractivity contribution is -0.127. The van der Waals surface area contributed by atoms with Crippen LogP contribution in [0.2, 0.25) is 0 Å². The predicted octanol–water partition coefficient (Wildman–Crippen LogP) is 1.04. The second kappa shape index (κ2) is 11.0. The van der Waals surface area contributed by atoms with Gasteiger partial charge in [-0.1, -0.05) is 6.42 Å². The molecule has 162 valence electrons. The van der Waals surface area contributed by atoms with Gasteiger partial charge in [0.1, 0.15) is 0 Å². The first kappa shape index (κ1) is 22.1. The first-order valence-corrected chi connectivity index (χ1v) is 12.2. The molecule has 1 amide bonds. The zero-order valence-corrected chi connectivity index (χ0v) is 17.7. The fourth-order valence-electron chi connectivity index (χ4n) is 3.89. The van der Waals surface area contributed by atoms with Crippen molar-refractivity contribution in [3.8, 4) is 0 Å². The number of hydrogen-bond donors (Lipinski definition) is 2. The van der Waals surface area contributed by atoms with Gasteiger partial charge in [-0.2, -0.15) is 0 Å². The van der Waals surface area contributed by atoms with E-state index in [4.69, 9.17) is 4.74 Å². The number of aromatic nitrogens is 1. The molecule has 9 heteroatoms. The van der Waals surface area contributed by atoms with Crippen LogP contribution in [0, 0.1) is 0 Å². The average Bonchev–Trinajstić information content (AvgIpc) is 2.74. The van der Waals surface area contributed by atoms with Crippen molar-refractivity contribution in [3.63, 3.8) is 0 Å². The van der Waals surface area contributed by atoms with Gasteiger partial charge < -0.3 is 10.1 Å². The summed E-state index contributed by atoms with van der Waals surface area (Å²) < 4.78 is 32.6. The molecule has 29 heavy (non-hydrogen) atoms. The van der Waals surface area contributed by atoms with Crippen LogP contribution in [0.3, 0.4) is 0 Å². The Morgan fingerprint density at radius 1 is 1.17 bits per heavy atom. The van der Waals surface area contributed by atoms with Crippen molar-refractivity contribution in [1.29, 1.82) is 0 Å². The number of amides is 1. The Morgan fingerprint density at radius 3 is 2.72 bits per heavy atom. The molecule has 2 fully saturated rings. The first-order valence-electron chi connectivity index (χ1n) is 10.5. The number of rotatable bonds is 9. The minimum Gasteiger partial charge on any atom is -0.377 e. The van der Waals surface area contributed by atoms with Crippen molar-refractivity contribution < 1.29 is 17.9 Å². The Bertz CT molecular complexity index is 738. The van der Waals surface area contributed by atoms with Gasteiger partial charge in [-0.15, -0.1) is 0 Å². The quantitative estimate of drug-likeness (QED) is 0.614. The van der Waals surface area contributed by atoms with Crippen LogP contribution in [0.25, 0.3) is 0 Å². The summed E-state index contributed by atoms with van der Waals surface area (Å²) in [5.41, 5.74) is 1.12. The number of ether oxygens (including phenoxy) is 1. The van der Waals surface area contributed by atoms with E-state index in [0.29, 0.717) is 19.7 Å². The van der Waals surface area contributed by atoms with E-state index in [9.17, 15) is 13.2 Å². The Hall–Kier alpha value is -1.55. The number of carbonyl (C=O) groups excluding carboxylic acids is 1. The molecule has 2 saturated heterocycles. The summed E-state index contributed by atoms with van der Waals surface area (Å²) >= 11 is 0. The molecule has 2 aliphatic rings. The van der Waals surface area contributed by atoms with Gasteiger partial charge in [0.15, 0.2) is 0 Å². The van der Waals surface area contributed by atoms with Crippen molar-refractivity contribution in [2.45, 2.75) is 57.2 Å². The van der Waals surface area contributed by atoms with Crippen molar-refractivity contribution in [2.24, 2.45) is 0 Å². The molecule has 3 heterocycles. The highest BCUT2D eigenvalue weighted by Gasteiger charge is 2.28. The van der Waals surface area contributed by atoms with Gasteiger partial charge in [-0.3, -0.25) is 14.7 Å². The number of hydrogen-bond acceptors (Lipinski definition) is 6. The molecule has 1 aromatic rings. The third-order valence-electron chi connectivity index (χ3n) is 5.53. The van der Waals surface area contributed by atoms with E-state index in [-0.39, 0.29) is 30.4 Å². The first-order chi connectivity index (χ1) is 14.0. The standard InChI is InChI=1S/C20H32N4O4S/c25-20(19-6-1-3-12-24(19)16-17-7-9-21-10-8-17)22-11-14-29(26,27)23-15-18-5-2-4-13-28-18/h7-10,18-19,23H,1-6,11-16H2,(H,22,25). The van der Waals surface area contributed by atoms with Crippen LogP contribution in [0.1, 0.15) is 44.1 Å².